The first kappa shape index (κ1) is 9.02. The summed E-state index contributed by atoms with van der Waals surface area (Å²) in [5.41, 5.74) is 2.13. The number of rotatable bonds is 0. The average Bonchev–Trinajstić information content (AvgIpc) is 2.75. The van der Waals surface area contributed by atoms with Gasteiger partial charge in [0.15, 0.2) is 11.4 Å². The average molecular weight is 220 g/mol. The van der Waals surface area contributed by atoms with Crippen molar-refractivity contribution >= 4 is 34.1 Å². The van der Waals surface area contributed by atoms with E-state index in [1.807, 2.05) is 0 Å². The molecule has 2 aromatic rings. The highest BCUT2D eigenvalue weighted by Crippen LogP contribution is 2.28. The highest BCUT2D eigenvalue weighted by atomic mass is 32.1. The van der Waals surface area contributed by atoms with Crippen molar-refractivity contribution < 1.29 is 10.1 Å². The smallest absolute Gasteiger partial charge is 0.209 e. The minimum Gasteiger partial charge on any atom is -0.623 e. The fraction of sp³-hybridized carbons (Fsp3) is 0. The van der Waals surface area contributed by atoms with Crippen molar-refractivity contribution in [1.82, 2.24) is 0 Å². The van der Waals surface area contributed by atoms with Crippen LogP contribution in [0.2, 0.25) is 0 Å². The van der Waals surface area contributed by atoms with E-state index in [1.165, 1.54) is 11.3 Å². The van der Waals surface area contributed by atoms with Crippen LogP contribution in [-0.4, -0.2) is 0 Å². The number of quaternary nitrogens is 2. The minimum absolute atomic E-state index is 0.0403. The normalized spacial score (nSPS) is 23.3. The lowest BCUT2D eigenvalue weighted by atomic mass is 10.2. The van der Waals surface area contributed by atoms with Crippen molar-refractivity contribution in [3.63, 3.8) is 0 Å². The van der Waals surface area contributed by atoms with Crippen molar-refractivity contribution in [2.45, 2.75) is 0 Å². The predicted molar refractivity (Wildman–Crippen MR) is 58.1 cm³/mol. The summed E-state index contributed by atoms with van der Waals surface area (Å²) in [7, 11) is 0. The summed E-state index contributed by atoms with van der Waals surface area (Å²) in [5, 5.41) is 27.3. The standard InChI is InChI=1S/C10H8N2O2S/c13-11-7-3-1-2-4-8(7)12(14)10-6-15-5-9(10)11/h1-6,11-12H. The predicted octanol–water partition coefficient (Wildman–Crippen LogP) is 0.753. The van der Waals surface area contributed by atoms with E-state index in [2.05, 4.69) is 0 Å². The fourth-order valence-electron chi connectivity index (χ4n) is 1.82. The van der Waals surface area contributed by atoms with Gasteiger partial charge in [-0.05, 0) is 0 Å². The number of para-hydroxylation sites is 2. The summed E-state index contributed by atoms with van der Waals surface area (Å²) in [6.07, 6.45) is 0. The van der Waals surface area contributed by atoms with Crippen molar-refractivity contribution in [1.29, 1.82) is 0 Å². The van der Waals surface area contributed by atoms with Gasteiger partial charge in [-0.1, -0.05) is 12.1 Å². The summed E-state index contributed by atoms with van der Waals surface area (Å²) in [5.74, 6) is 0. The van der Waals surface area contributed by atoms with Crippen LogP contribution in [0.15, 0.2) is 35.0 Å². The van der Waals surface area contributed by atoms with Crippen LogP contribution in [0, 0.1) is 10.4 Å². The molecule has 2 heterocycles. The molecule has 0 amide bonds. The topological polar surface area (TPSA) is 55.0 Å². The second-order valence-electron chi connectivity index (χ2n) is 3.40. The maximum Gasteiger partial charge on any atom is 0.209 e. The SMILES string of the molecule is [O-][NH+]1c2ccccc2[NH+]([O-])c2cscc21. The Bertz CT molecular complexity index is 468. The van der Waals surface area contributed by atoms with E-state index in [-0.39, 0.29) is 10.1 Å². The summed E-state index contributed by atoms with van der Waals surface area (Å²) in [6, 6.07) is 6.97. The van der Waals surface area contributed by atoms with Crippen molar-refractivity contribution in [2.75, 3.05) is 0 Å². The third-order valence-electron chi connectivity index (χ3n) is 2.57. The highest BCUT2D eigenvalue weighted by molar-refractivity contribution is 7.08. The summed E-state index contributed by atoms with van der Waals surface area (Å²) < 4.78 is 0. The molecule has 2 atom stereocenters. The first-order valence-electron chi connectivity index (χ1n) is 4.53. The highest BCUT2D eigenvalue weighted by Gasteiger charge is 2.30. The number of hydrogen-bond acceptors (Lipinski definition) is 3. The largest absolute Gasteiger partial charge is 0.623 e. The molecule has 1 aromatic heterocycles. The van der Waals surface area contributed by atoms with Gasteiger partial charge in [-0.15, -0.1) is 11.3 Å². The molecular weight excluding hydrogens is 212 g/mol. The molecule has 0 bridgehead atoms. The van der Waals surface area contributed by atoms with Gasteiger partial charge in [0.05, 0.1) is 10.8 Å². The van der Waals surface area contributed by atoms with Crippen LogP contribution < -0.4 is 10.1 Å². The molecule has 2 N–H and O–H groups in total. The molecule has 0 fully saturated rings. The van der Waals surface area contributed by atoms with Crippen LogP contribution >= 0.6 is 11.3 Å². The molecule has 4 nitrogen and oxygen atoms in total. The van der Waals surface area contributed by atoms with E-state index in [0.717, 1.165) is 0 Å². The second-order valence-corrected chi connectivity index (χ2v) is 4.15. The molecule has 1 aromatic carbocycles. The lowest BCUT2D eigenvalue weighted by Gasteiger charge is -2.32. The Kier molecular flexibility index (Phi) is 1.88. The summed E-state index contributed by atoms with van der Waals surface area (Å²) >= 11 is 1.39. The Balaban J connectivity index is 2.26. The maximum absolute atomic E-state index is 12.0. The Morgan fingerprint density at radius 1 is 0.800 bits per heavy atom. The molecule has 5 heteroatoms. The molecule has 0 spiro atoms. The van der Waals surface area contributed by atoms with Crippen LogP contribution in [0.25, 0.3) is 0 Å². The van der Waals surface area contributed by atoms with Gasteiger partial charge >= 0.3 is 0 Å². The Morgan fingerprint density at radius 2 is 1.27 bits per heavy atom. The lowest BCUT2D eigenvalue weighted by Crippen LogP contribution is -3.07. The van der Waals surface area contributed by atoms with Gasteiger partial charge < -0.3 is 10.4 Å². The molecule has 0 saturated carbocycles. The molecule has 15 heavy (non-hydrogen) atoms. The molecule has 1 aliphatic rings. The molecule has 0 aliphatic carbocycles. The quantitative estimate of drug-likeness (QED) is 0.644. The summed E-state index contributed by atoms with van der Waals surface area (Å²) in [4.78, 5) is 0. The second kappa shape index (κ2) is 3.13. The lowest BCUT2D eigenvalue weighted by molar-refractivity contribution is -0.762. The van der Waals surface area contributed by atoms with Crippen LogP contribution in [0.3, 0.4) is 0 Å². The minimum atomic E-state index is -0.0403. The fourth-order valence-corrected chi connectivity index (χ4v) is 2.63. The zero-order valence-corrected chi connectivity index (χ0v) is 8.51. The van der Waals surface area contributed by atoms with E-state index in [9.17, 15) is 10.4 Å². The first-order valence-corrected chi connectivity index (χ1v) is 5.48. The van der Waals surface area contributed by atoms with E-state index in [4.69, 9.17) is 0 Å². The maximum atomic E-state index is 12.0. The first-order chi connectivity index (χ1) is 7.29. The van der Waals surface area contributed by atoms with E-state index >= 15 is 0 Å². The van der Waals surface area contributed by atoms with Crippen molar-refractivity contribution in [3.8, 4) is 0 Å². The Hall–Kier alpha value is -1.24. The van der Waals surface area contributed by atoms with Crippen LogP contribution in [0.5, 0.6) is 0 Å². The van der Waals surface area contributed by atoms with E-state index < -0.39 is 0 Å². The van der Waals surface area contributed by atoms with Crippen LogP contribution in [-0.2, 0) is 0 Å². The van der Waals surface area contributed by atoms with Gasteiger partial charge in [0.25, 0.3) is 0 Å². The van der Waals surface area contributed by atoms with Gasteiger partial charge in [0, 0.05) is 12.1 Å². The molecule has 3 rings (SSSR count). The molecule has 0 radical (unpaired) electrons. The number of benzene rings is 1. The van der Waals surface area contributed by atoms with Crippen molar-refractivity contribution in [3.05, 3.63) is 45.4 Å². The monoisotopic (exact) mass is 220 g/mol. The van der Waals surface area contributed by atoms with Gasteiger partial charge in [0.1, 0.15) is 0 Å². The molecule has 0 saturated heterocycles. The van der Waals surface area contributed by atoms with Crippen LogP contribution in [0.1, 0.15) is 0 Å². The third kappa shape index (κ3) is 1.16. The molecule has 76 valence electrons. The zero-order valence-electron chi connectivity index (χ0n) is 7.69. The van der Waals surface area contributed by atoms with E-state index in [0.29, 0.717) is 22.7 Å². The van der Waals surface area contributed by atoms with Gasteiger partial charge in [-0.25, -0.2) is 0 Å². The van der Waals surface area contributed by atoms with Crippen LogP contribution in [0.4, 0.5) is 22.7 Å². The Morgan fingerprint density at radius 3 is 1.73 bits per heavy atom. The van der Waals surface area contributed by atoms with Crippen molar-refractivity contribution in [2.24, 2.45) is 0 Å². The number of hydrogen-bond donors (Lipinski definition) is 2. The van der Waals surface area contributed by atoms with Gasteiger partial charge in [-0.2, -0.15) is 0 Å². The third-order valence-corrected chi connectivity index (χ3v) is 3.31. The number of nitrogens with one attached hydrogen (secondary N) is 2. The van der Waals surface area contributed by atoms with E-state index in [1.54, 1.807) is 35.0 Å². The zero-order chi connectivity index (χ0) is 10.4. The number of fused-ring (bicyclic) bond motifs is 2. The molecule has 2 unspecified atom stereocenters. The molecular formula is C10H8N2O2S. The molecule has 1 aliphatic heterocycles. The van der Waals surface area contributed by atoms with Gasteiger partial charge in [0.2, 0.25) is 11.4 Å². The summed E-state index contributed by atoms with van der Waals surface area (Å²) in [6.45, 7) is 0. The van der Waals surface area contributed by atoms with Gasteiger partial charge in [-0.3, -0.25) is 10.1 Å². The number of thiophene rings is 1. The Labute approximate surface area is 90.1 Å².